The fraction of sp³-hybridized carbons (Fsp3) is 0.337. The Hall–Kier alpha value is -11.2. The van der Waals surface area contributed by atoms with E-state index in [1.165, 1.54) is 40.6 Å². The summed E-state index contributed by atoms with van der Waals surface area (Å²) >= 11 is 14.8. The summed E-state index contributed by atoms with van der Waals surface area (Å²) in [6.45, 7) is 40.8. The van der Waals surface area contributed by atoms with Crippen LogP contribution in [-0.4, -0.2) is 168 Å². The van der Waals surface area contributed by atoms with Gasteiger partial charge in [-0.05, 0) is 185 Å². The Labute approximate surface area is 693 Å². The number of fused-ring (bicyclic) bond motifs is 4. The highest BCUT2D eigenvalue weighted by atomic mass is 35.5. The van der Waals surface area contributed by atoms with Crippen molar-refractivity contribution in [2.75, 3.05) is 110 Å². The predicted octanol–water partition coefficient (Wildman–Crippen LogP) is 17.4. The number of aryl methyl sites for hydroxylation is 8. The SMILES string of the molecule is CCCN1CCN(c2cc(Nc3ncc(C(=O)Nc4c(C)cccc4Cl)s3)nc(C)n2)CC1.COc1cc2ncnc(Nc3ccc(F)c(C)c3)c2cc1OCCCN1CCOCC1.Cc1ccc(C2=N[C@@H](CC(=O)O)c3nnc(C)n3-c3sc(C)c(C)c32)cc1.[C-]#[N+]c1ccc(N2C(=O)C(C)(C)N(c3ccc(C)cc3)C2=S)cc1C. The molecule has 0 bridgehead atoms. The lowest BCUT2D eigenvalue weighted by Gasteiger charge is -2.35. The van der Waals surface area contributed by atoms with E-state index in [1.54, 1.807) is 66.8 Å². The molecule has 116 heavy (non-hydrogen) atoms. The van der Waals surface area contributed by atoms with Crippen LogP contribution >= 0.6 is 46.5 Å². The van der Waals surface area contributed by atoms with Gasteiger partial charge >= 0.3 is 5.97 Å². The summed E-state index contributed by atoms with van der Waals surface area (Å²) in [7, 11) is 1.61. The van der Waals surface area contributed by atoms with Crippen molar-refractivity contribution in [1.82, 2.24) is 49.5 Å². The number of carboxylic acids is 1. The number of hydrogen-bond acceptors (Lipinski definition) is 22. The first kappa shape index (κ1) is 84.2. The highest BCUT2D eigenvalue weighted by Gasteiger charge is 2.50. The van der Waals surface area contributed by atoms with Crippen LogP contribution in [0.15, 0.2) is 139 Å². The number of carbonyl (C=O) groups is 3. The van der Waals surface area contributed by atoms with E-state index in [0.29, 0.717) is 84.2 Å². The number of halogens is 2. The molecule has 0 saturated carbocycles. The smallest absolute Gasteiger partial charge is 0.306 e. The van der Waals surface area contributed by atoms with Gasteiger partial charge in [0.05, 0.1) is 68.1 Å². The second kappa shape index (κ2) is 37.6. The van der Waals surface area contributed by atoms with Crippen LogP contribution in [0, 0.1) is 74.7 Å². The summed E-state index contributed by atoms with van der Waals surface area (Å²) in [5.41, 5.74) is 12.1. The summed E-state index contributed by atoms with van der Waals surface area (Å²) < 4.78 is 32.5. The van der Waals surface area contributed by atoms with Crippen molar-refractivity contribution >= 4 is 137 Å². The highest BCUT2D eigenvalue weighted by Crippen LogP contribution is 2.42. The monoisotopic (exact) mass is 1640 g/mol. The number of morpholine rings is 1. The first-order valence-electron chi connectivity index (χ1n) is 38.2. The second-order valence-corrected chi connectivity index (χ2v) is 32.1. The van der Waals surface area contributed by atoms with Crippen LogP contribution in [0.4, 0.5) is 55.4 Å². The van der Waals surface area contributed by atoms with Gasteiger partial charge in [-0.25, -0.2) is 34.2 Å². The third-order valence-electron chi connectivity index (χ3n) is 20.3. The quantitative estimate of drug-likeness (QED) is 0.0314. The molecular formula is C86H94ClFN18O7S3. The molecule has 6 aromatic carbocycles. The Balaban J connectivity index is 0.000000143. The molecule has 4 aliphatic rings. The van der Waals surface area contributed by atoms with Gasteiger partial charge in [-0.1, -0.05) is 95.6 Å². The summed E-state index contributed by atoms with van der Waals surface area (Å²) in [6, 6.07) is 37.0. The maximum atomic E-state index is 13.6. The van der Waals surface area contributed by atoms with Crippen molar-refractivity contribution in [2.45, 2.75) is 114 Å². The number of carboxylic acid groups (broad SMARTS) is 1. The molecule has 11 aromatic rings. The first-order valence-corrected chi connectivity index (χ1v) is 40.7. The fourth-order valence-electron chi connectivity index (χ4n) is 13.9. The molecule has 4 N–H and O–H groups in total. The molecule has 0 aliphatic carbocycles. The Bertz CT molecular complexity index is 5480. The van der Waals surface area contributed by atoms with Crippen molar-refractivity contribution in [3.8, 4) is 16.5 Å². The van der Waals surface area contributed by atoms with Gasteiger partial charge in [-0.3, -0.25) is 38.6 Å². The zero-order chi connectivity index (χ0) is 82.6. The number of thiophene rings is 1. The van der Waals surface area contributed by atoms with Gasteiger partial charge in [0, 0.05) is 96.4 Å². The van der Waals surface area contributed by atoms with Crippen LogP contribution in [0.2, 0.25) is 5.02 Å². The van der Waals surface area contributed by atoms with Crippen molar-refractivity contribution in [3.63, 3.8) is 0 Å². The number of ether oxygens (including phenoxy) is 3. The number of aliphatic carboxylic acids is 1. The van der Waals surface area contributed by atoms with Crippen LogP contribution in [0.5, 0.6) is 11.5 Å². The number of nitrogens with zero attached hydrogens (tertiary/aromatic N) is 15. The lowest BCUT2D eigenvalue weighted by molar-refractivity contribution is -0.137. The van der Waals surface area contributed by atoms with E-state index in [2.05, 4.69) is 104 Å². The number of amides is 2. The van der Waals surface area contributed by atoms with E-state index in [1.807, 2.05) is 138 Å². The molecule has 30 heteroatoms. The molecule has 25 nitrogen and oxygen atoms in total. The standard InChI is InChI=1S/C23H28ClN7OS.C23H27FN4O3.C20H20N4O2S.C20H19N3OS/c1-4-8-30-9-11-31(12-10-30)20-13-19(26-16(3)27-20)28-23-25-14-18(33-23)22(32)29-21-15(2)6-5-7-17(21)24;1-16-12-17(4-5-19(16)24)27-23-18-13-22(21(29-2)14-20(18)25-15-26-23)31-9-3-6-28-7-10-30-11-8-28;1-10-5-7-14(8-6-10)18-17-11(2)12(3)27-20(17)24-13(4)22-23-19(24)15(21-18)9-16(25)26;1-13-6-8-15(9-7-13)23-19(25)22(18(24)20(23,3)4)16-10-11-17(21-5)14(2)12-16/h5-7,13-14H,4,8-12H2,1-3H3,(H,29,32)(H,25,26,27,28);4-5,12-15H,3,6-11H2,1-2H3,(H,25,26,27);5-8,15H,9H2,1-4H3,(H,25,26);6-12H,1-4H3/t;;15-;/m..0./s1. The number of anilines is 8. The Kier molecular flexibility index (Phi) is 27.3. The Morgan fingerprint density at radius 3 is 2.18 bits per heavy atom. The predicted molar refractivity (Wildman–Crippen MR) is 464 cm³/mol. The molecule has 0 unspecified atom stereocenters. The van der Waals surface area contributed by atoms with Crippen LogP contribution in [-0.2, 0) is 14.3 Å². The number of para-hydroxylation sites is 1. The number of carbonyl (C=O) groups excluding carboxylic acids is 2. The van der Waals surface area contributed by atoms with Gasteiger partial charge in [0.1, 0.15) is 62.7 Å². The largest absolute Gasteiger partial charge is 0.493 e. The van der Waals surface area contributed by atoms with Crippen molar-refractivity contribution in [2.24, 2.45) is 4.99 Å². The number of aliphatic imine (C=N–C) groups is 1. The first-order chi connectivity index (χ1) is 55.7. The average Bonchev–Trinajstić information content (AvgIpc) is 1.60. The molecule has 3 saturated heterocycles. The molecule has 5 aromatic heterocycles. The number of nitrogens with one attached hydrogen (secondary N) is 3. The minimum absolute atomic E-state index is 0.0759. The average molecular weight is 1640 g/mol. The summed E-state index contributed by atoms with van der Waals surface area (Å²) in [4.78, 5) is 80.2. The van der Waals surface area contributed by atoms with Gasteiger partial charge in [0.25, 0.3) is 11.8 Å². The normalized spacial score (nSPS) is 15.1. The molecule has 4 aliphatic heterocycles. The van der Waals surface area contributed by atoms with Crippen LogP contribution < -0.4 is 40.1 Å². The topological polar surface area (TPSA) is 263 Å². The number of rotatable bonds is 20. The van der Waals surface area contributed by atoms with Crippen LogP contribution in [0.1, 0.15) is 123 Å². The lowest BCUT2D eigenvalue weighted by Crippen LogP contribution is -2.46. The Morgan fingerprint density at radius 2 is 1.50 bits per heavy atom. The van der Waals surface area contributed by atoms with E-state index < -0.39 is 17.6 Å². The zero-order valence-corrected chi connectivity index (χ0v) is 70.5. The van der Waals surface area contributed by atoms with Crippen LogP contribution in [0.3, 0.4) is 0 Å². The molecule has 0 spiro atoms. The van der Waals surface area contributed by atoms with Gasteiger partial charge < -0.3 is 45.1 Å². The maximum absolute atomic E-state index is 13.6. The molecule has 0 radical (unpaired) electrons. The minimum atomic E-state index is -0.905. The number of thiazole rings is 1. The van der Waals surface area contributed by atoms with E-state index >= 15 is 0 Å². The molecule has 2 amide bonds. The number of hydrogen-bond donors (Lipinski definition) is 4. The maximum Gasteiger partial charge on any atom is 0.306 e. The van der Waals surface area contributed by atoms with Gasteiger partial charge in [0.15, 0.2) is 33.3 Å². The Morgan fingerprint density at radius 1 is 0.784 bits per heavy atom. The fourth-order valence-corrected chi connectivity index (χ4v) is 16.6. The summed E-state index contributed by atoms with van der Waals surface area (Å²) in [6.07, 6.45) is 5.00. The molecule has 9 heterocycles. The molecule has 1 atom stereocenters. The minimum Gasteiger partial charge on any atom is -0.493 e. The number of thiocarbonyl (C=S) groups is 1. The molecule has 3 fully saturated rings. The summed E-state index contributed by atoms with van der Waals surface area (Å²) in [5.74, 6) is 4.00. The lowest BCUT2D eigenvalue weighted by atomic mass is 9.99. The number of benzene rings is 6. The van der Waals surface area contributed by atoms with Gasteiger partial charge in [0.2, 0.25) is 0 Å². The van der Waals surface area contributed by atoms with E-state index in [9.17, 15) is 23.9 Å². The zero-order valence-electron chi connectivity index (χ0n) is 67.3. The highest BCUT2D eigenvalue weighted by molar-refractivity contribution is 7.81. The molecule has 15 rings (SSSR count). The van der Waals surface area contributed by atoms with Crippen molar-refractivity contribution < 1.29 is 38.1 Å². The van der Waals surface area contributed by atoms with Crippen LogP contribution in [0.25, 0.3) is 20.7 Å². The molecular weight excluding hydrogens is 1550 g/mol. The van der Waals surface area contributed by atoms with Gasteiger partial charge in [-0.15, -0.1) is 21.5 Å². The van der Waals surface area contributed by atoms with Crippen molar-refractivity contribution in [1.29, 1.82) is 0 Å². The second-order valence-electron chi connectivity index (χ2n) is 29.1. The number of aromatic nitrogens is 8. The number of methoxy groups -OCH3 is 1. The summed E-state index contributed by atoms with van der Waals surface area (Å²) in [5, 5.41) is 30.6. The number of piperazine rings is 1. The van der Waals surface area contributed by atoms with Gasteiger partial charge in [-0.2, -0.15) is 0 Å². The van der Waals surface area contributed by atoms with Crippen molar-refractivity contribution in [3.05, 3.63) is 228 Å². The van der Waals surface area contributed by atoms with E-state index in [0.717, 1.165) is 150 Å². The van der Waals surface area contributed by atoms with E-state index in [4.69, 9.17) is 49.6 Å². The molecule has 602 valence electrons. The third kappa shape index (κ3) is 19.6. The van der Waals surface area contributed by atoms with E-state index in [-0.39, 0.29) is 24.1 Å². The third-order valence-corrected chi connectivity index (χ3v) is 23.0.